The first-order valence-electron chi connectivity index (χ1n) is 24.3. The Morgan fingerprint density at radius 1 is 0.831 bits per heavy atom. The minimum Gasteiger partial charge on any atom is -0.387 e. The lowest BCUT2D eigenvalue weighted by molar-refractivity contribution is -0.127. The summed E-state index contributed by atoms with van der Waals surface area (Å²) in [4.78, 5) is 77.5. The number of unbranched alkanes of at least 4 members (excludes halogenated alkanes) is 3. The molecule has 1 aromatic heterocycles. The average Bonchev–Trinajstić information content (AvgIpc) is 3.46. The Bertz CT molecular complexity index is 2130. The Labute approximate surface area is 387 Å². The summed E-state index contributed by atoms with van der Waals surface area (Å²) in [5, 5.41) is 5.94. The van der Waals surface area contributed by atoms with E-state index in [1.165, 1.54) is 25.7 Å². The van der Waals surface area contributed by atoms with Gasteiger partial charge in [-0.25, -0.2) is 4.99 Å². The van der Waals surface area contributed by atoms with E-state index in [1.54, 1.807) is 36.7 Å². The van der Waals surface area contributed by atoms with Crippen molar-refractivity contribution in [2.75, 3.05) is 18.4 Å². The quantitative estimate of drug-likeness (QED) is 0.0754. The summed E-state index contributed by atoms with van der Waals surface area (Å²) in [7, 11) is 0. The molecule has 1 atom stereocenters. The van der Waals surface area contributed by atoms with E-state index in [9.17, 15) is 24.0 Å². The Hall–Kier alpha value is -5.45. The fraction of sp³-hybridized carbons (Fsp3) is 0.537. The topological polar surface area (TPSA) is 164 Å². The highest BCUT2D eigenvalue weighted by Gasteiger charge is 2.27. The lowest BCUT2D eigenvalue weighted by atomic mass is 9.75. The molecule has 1 saturated carbocycles. The second-order valence-electron chi connectivity index (χ2n) is 19.5. The molecule has 4 N–H and O–H groups in total. The minimum absolute atomic E-state index is 0.0518. The zero-order chi connectivity index (χ0) is 46.8. The third-order valence-corrected chi connectivity index (χ3v) is 12.7. The number of amides is 3. The molecule has 1 fully saturated rings. The van der Waals surface area contributed by atoms with E-state index in [2.05, 4.69) is 41.4 Å². The minimum atomic E-state index is -0.678. The monoisotopic (exact) mass is 887 g/mol. The Balaban J connectivity index is 1.09. The number of fused-ring (bicyclic) bond motifs is 1. The number of aromatic nitrogens is 1. The highest BCUT2D eigenvalue weighted by atomic mass is 16.2. The van der Waals surface area contributed by atoms with Crippen LogP contribution in [0.5, 0.6) is 0 Å². The van der Waals surface area contributed by atoms with Crippen LogP contribution >= 0.6 is 0 Å². The van der Waals surface area contributed by atoms with Crippen molar-refractivity contribution in [3.05, 3.63) is 94.8 Å². The van der Waals surface area contributed by atoms with E-state index >= 15 is 0 Å². The van der Waals surface area contributed by atoms with Crippen molar-refractivity contribution < 1.29 is 24.0 Å². The van der Waals surface area contributed by atoms with Crippen LogP contribution in [0, 0.1) is 17.3 Å². The van der Waals surface area contributed by atoms with Crippen LogP contribution in [0.2, 0.25) is 0 Å². The number of nitrogens with one attached hydrogen (secondary N) is 2. The van der Waals surface area contributed by atoms with Gasteiger partial charge in [0.2, 0.25) is 11.8 Å². The number of carbonyl (C=O) groups excluding carboxylic acids is 5. The van der Waals surface area contributed by atoms with E-state index in [0.717, 1.165) is 62.0 Å². The van der Waals surface area contributed by atoms with E-state index in [-0.39, 0.29) is 42.3 Å². The van der Waals surface area contributed by atoms with Gasteiger partial charge < -0.3 is 21.3 Å². The zero-order valence-corrected chi connectivity index (χ0v) is 39.8. The van der Waals surface area contributed by atoms with Crippen molar-refractivity contribution in [1.82, 2.24) is 15.2 Å². The number of benzene rings is 2. The molecule has 0 bridgehead atoms. The molecule has 350 valence electrons. The van der Waals surface area contributed by atoms with Gasteiger partial charge >= 0.3 is 0 Å². The molecule has 65 heavy (non-hydrogen) atoms. The van der Waals surface area contributed by atoms with Crippen LogP contribution in [-0.4, -0.2) is 64.1 Å². The number of hydrogen-bond acceptors (Lipinski definition) is 8. The number of aryl methyl sites for hydroxylation is 1. The number of aliphatic imine (C=N–C) groups is 1. The van der Waals surface area contributed by atoms with Gasteiger partial charge in [-0.05, 0) is 124 Å². The number of nitrogens with two attached hydrogens (primary N) is 1. The molecular weight excluding hydrogens is 813 g/mol. The van der Waals surface area contributed by atoms with Crippen LogP contribution in [0.1, 0.15) is 164 Å². The summed E-state index contributed by atoms with van der Waals surface area (Å²) in [5.41, 5.74) is 11.0. The summed E-state index contributed by atoms with van der Waals surface area (Å²) < 4.78 is 0. The number of rotatable bonds is 24. The predicted molar refractivity (Wildman–Crippen MR) is 262 cm³/mol. The molecule has 3 aromatic rings. The van der Waals surface area contributed by atoms with Gasteiger partial charge in [-0.1, -0.05) is 83.9 Å². The van der Waals surface area contributed by atoms with Gasteiger partial charge in [-0.3, -0.25) is 29.0 Å². The lowest BCUT2D eigenvalue weighted by Gasteiger charge is -2.29. The number of anilines is 1. The lowest BCUT2D eigenvalue weighted by Crippen LogP contribution is -2.42. The maximum absolute atomic E-state index is 13.7. The molecule has 5 rings (SSSR count). The number of ketones is 2. The van der Waals surface area contributed by atoms with Gasteiger partial charge in [-0.2, -0.15) is 0 Å². The SMILES string of the molecule is CCCN(CCC)C(=O)C1=Cc2ccc(C(=O)Nc3cncc(CCC(=O)C(Cc4ccccc4)NC(=O)CCCCCCC(=O)C4CCC(CCC(C)(C)C)CC4)c3)cc2N=C(N)C1. The van der Waals surface area contributed by atoms with Crippen molar-refractivity contribution in [2.24, 2.45) is 28.0 Å². The highest BCUT2D eigenvalue weighted by molar-refractivity contribution is 6.08. The van der Waals surface area contributed by atoms with Gasteiger partial charge in [0.1, 0.15) is 11.6 Å². The second-order valence-corrected chi connectivity index (χ2v) is 19.5. The molecule has 0 spiro atoms. The fourth-order valence-corrected chi connectivity index (χ4v) is 8.98. The number of pyridine rings is 1. The standard InChI is InChI=1S/C54H74N6O5/c1-6-29-60(30-7-2)53(65)44-33-42-24-25-43(34-46(42)58-50(55)35-44)52(64)57-45-31-40(36-56-37-45)21-26-49(62)47(32-39-15-11-10-12-16-39)59-51(63)18-14-9-8-13-17-48(61)41-22-19-38(20-23-41)27-28-54(3,4)5/h10-12,15-16,24-25,31,33-34,36-38,41,47H,6-9,13-14,17-23,26-30,32,35H2,1-5H3,(H2,55,58)(H,57,64)(H,59,63). The fourth-order valence-electron chi connectivity index (χ4n) is 8.98. The smallest absolute Gasteiger partial charge is 0.255 e. The summed E-state index contributed by atoms with van der Waals surface area (Å²) in [6.45, 7) is 12.3. The maximum atomic E-state index is 13.7. The summed E-state index contributed by atoms with van der Waals surface area (Å²) in [6, 6.07) is 15.9. The first-order chi connectivity index (χ1) is 31.2. The molecule has 1 aliphatic heterocycles. The molecule has 1 unspecified atom stereocenters. The third kappa shape index (κ3) is 16.8. The first-order valence-corrected chi connectivity index (χ1v) is 24.3. The van der Waals surface area contributed by atoms with Crippen molar-refractivity contribution in [2.45, 2.75) is 156 Å². The summed E-state index contributed by atoms with van der Waals surface area (Å²) in [6.07, 6.45) is 19.2. The molecule has 0 saturated heterocycles. The van der Waals surface area contributed by atoms with E-state index in [0.29, 0.717) is 90.3 Å². The van der Waals surface area contributed by atoms with Crippen LogP contribution in [0.3, 0.4) is 0 Å². The van der Waals surface area contributed by atoms with Gasteiger partial charge in [0.15, 0.2) is 5.78 Å². The molecule has 3 amide bonds. The first kappa shape index (κ1) is 50.5. The Morgan fingerprint density at radius 3 is 2.23 bits per heavy atom. The predicted octanol–water partition coefficient (Wildman–Crippen LogP) is 10.5. The van der Waals surface area contributed by atoms with Crippen molar-refractivity contribution in [1.29, 1.82) is 0 Å². The largest absolute Gasteiger partial charge is 0.387 e. The van der Waals surface area contributed by atoms with Crippen LogP contribution in [-0.2, 0) is 32.0 Å². The van der Waals surface area contributed by atoms with Crippen LogP contribution in [0.4, 0.5) is 11.4 Å². The molecule has 2 aromatic carbocycles. The number of Topliss-reactive ketones (excluding diaryl/α,β-unsaturated/α-hetero) is 2. The molecular formula is C54H74N6O5. The van der Waals surface area contributed by atoms with E-state index < -0.39 is 6.04 Å². The van der Waals surface area contributed by atoms with E-state index in [4.69, 9.17) is 5.73 Å². The van der Waals surface area contributed by atoms with Crippen LogP contribution in [0.15, 0.2) is 77.6 Å². The number of hydrogen-bond donors (Lipinski definition) is 3. The zero-order valence-electron chi connectivity index (χ0n) is 39.8. The van der Waals surface area contributed by atoms with Crippen LogP contribution in [0.25, 0.3) is 6.08 Å². The van der Waals surface area contributed by atoms with Crippen molar-refractivity contribution in [3.8, 4) is 0 Å². The highest BCUT2D eigenvalue weighted by Crippen LogP contribution is 2.36. The average molecular weight is 887 g/mol. The van der Waals surface area contributed by atoms with Gasteiger partial charge in [0, 0.05) is 67.6 Å². The molecule has 0 radical (unpaired) electrons. The maximum Gasteiger partial charge on any atom is 0.255 e. The second kappa shape index (κ2) is 25.3. The van der Waals surface area contributed by atoms with Crippen LogP contribution < -0.4 is 16.4 Å². The van der Waals surface area contributed by atoms with Crippen molar-refractivity contribution >= 4 is 52.6 Å². The summed E-state index contributed by atoms with van der Waals surface area (Å²) >= 11 is 0. The number of nitrogens with zero attached hydrogens (tertiary/aromatic N) is 3. The van der Waals surface area contributed by atoms with Crippen molar-refractivity contribution in [3.63, 3.8) is 0 Å². The third-order valence-electron chi connectivity index (χ3n) is 12.7. The normalized spacial score (nSPS) is 16.6. The molecule has 2 heterocycles. The Kier molecular flexibility index (Phi) is 19.7. The van der Waals surface area contributed by atoms with E-state index in [1.807, 2.05) is 55.2 Å². The molecule has 1 aliphatic carbocycles. The van der Waals surface area contributed by atoms with Gasteiger partial charge in [-0.15, -0.1) is 0 Å². The molecule has 11 nitrogen and oxygen atoms in total. The Morgan fingerprint density at radius 2 is 1.54 bits per heavy atom. The number of carbonyl (C=O) groups is 5. The van der Waals surface area contributed by atoms with Gasteiger partial charge in [0.25, 0.3) is 5.91 Å². The molecule has 2 aliphatic rings. The van der Waals surface area contributed by atoms with Gasteiger partial charge in [0.05, 0.1) is 23.6 Å². The molecule has 11 heteroatoms. The summed E-state index contributed by atoms with van der Waals surface area (Å²) in [5.74, 6) is 1.06. The number of amidine groups is 1.